The summed E-state index contributed by atoms with van der Waals surface area (Å²) in [4.78, 5) is 14.4. The van der Waals surface area contributed by atoms with Crippen molar-refractivity contribution in [2.24, 2.45) is 0 Å². The van der Waals surface area contributed by atoms with E-state index in [9.17, 15) is 13.2 Å². The first-order valence-electron chi connectivity index (χ1n) is 9.53. The molecule has 0 aromatic heterocycles. The van der Waals surface area contributed by atoms with Crippen LogP contribution in [0.1, 0.15) is 28.8 Å². The number of nitrogens with zero attached hydrogens (tertiary/aromatic N) is 2. The normalized spacial score (nSPS) is 14.7. The number of carbonyl (C=O) groups is 1. The third-order valence-electron chi connectivity index (χ3n) is 4.93. The van der Waals surface area contributed by atoms with Crippen molar-refractivity contribution >= 4 is 27.5 Å². The summed E-state index contributed by atoms with van der Waals surface area (Å²) in [5.41, 5.74) is 1.31. The zero-order valence-electron chi connectivity index (χ0n) is 16.6. The van der Waals surface area contributed by atoms with E-state index in [1.165, 1.54) is 27.4 Å². The first-order chi connectivity index (χ1) is 13.8. The molecule has 1 amide bonds. The average molecular weight is 437 g/mol. The van der Waals surface area contributed by atoms with Crippen molar-refractivity contribution < 1.29 is 17.9 Å². The van der Waals surface area contributed by atoms with Gasteiger partial charge >= 0.3 is 0 Å². The molecule has 0 spiro atoms. The SMILES string of the molecule is Cc1ccc(OCCN(C)C(=O)c2cc(S(=O)(=O)N3CCCC3)ccc2Cl)cc1. The predicted molar refractivity (Wildman–Crippen MR) is 113 cm³/mol. The summed E-state index contributed by atoms with van der Waals surface area (Å²) < 4.78 is 32.7. The van der Waals surface area contributed by atoms with E-state index in [0.29, 0.717) is 26.2 Å². The Labute approximate surface area is 177 Å². The summed E-state index contributed by atoms with van der Waals surface area (Å²) in [5, 5.41) is 0.224. The molecule has 0 atom stereocenters. The Morgan fingerprint density at radius 3 is 2.45 bits per heavy atom. The lowest BCUT2D eigenvalue weighted by Gasteiger charge is -2.20. The van der Waals surface area contributed by atoms with E-state index >= 15 is 0 Å². The molecule has 0 saturated carbocycles. The third kappa shape index (κ3) is 5.10. The average Bonchev–Trinajstić information content (AvgIpc) is 3.25. The summed E-state index contributed by atoms with van der Waals surface area (Å²) >= 11 is 6.20. The number of sulfonamides is 1. The molecule has 29 heavy (non-hydrogen) atoms. The van der Waals surface area contributed by atoms with E-state index in [1.54, 1.807) is 7.05 Å². The monoisotopic (exact) mass is 436 g/mol. The van der Waals surface area contributed by atoms with Gasteiger partial charge in [-0.2, -0.15) is 4.31 Å². The molecule has 156 valence electrons. The number of hydrogen-bond acceptors (Lipinski definition) is 4. The number of benzene rings is 2. The predicted octanol–water partition coefficient (Wildman–Crippen LogP) is 3.58. The molecule has 8 heteroatoms. The van der Waals surface area contributed by atoms with Crippen molar-refractivity contribution in [3.05, 3.63) is 58.6 Å². The maximum Gasteiger partial charge on any atom is 0.255 e. The lowest BCUT2D eigenvalue weighted by molar-refractivity contribution is 0.0773. The van der Waals surface area contributed by atoms with Gasteiger partial charge in [-0.25, -0.2) is 8.42 Å². The van der Waals surface area contributed by atoms with E-state index in [-0.39, 0.29) is 21.4 Å². The van der Waals surface area contributed by atoms with Crippen molar-refractivity contribution in [3.63, 3.8) is 0 Å². The molecule has 1 aliphatic heterocycles. The van der Waals surface area contributed by atoms with Crippen LogP contribution in [-0.2, 0) is 10.0 Å². The molecule has 6 nitrogen and oxygen atoms in total. The molecular weight excluding hydrogens is 412 g/mol. The van der Waals surface area contributed by atoms with Gasteiger partial charge in [0.1, 0.15) is 12.4 Å². The molecule has 1 aliphatic rings. The minimum absolute atomic E-state index is 0.0939. The van der Waals surface area contributed by atoms with Crippen LogP contribution in [0.3, 0.4) is 0 Å². The molecule has 1 heterocycles. The highest BCUT2D eigenvalue weighted by Gasteiger charge is 2.28. The summed E-state index contributed by atoms with van der Waals surface area (Å²) in [5.74, 6) is 0.383. The smallest absolute Gasteiger partial charge is 0.255 e. The Balaban J connectivity index is 1.68. The van der Waals surface area contributed by atoms with Crippen LogP contribution in [0.15, 0.2) is 47.4 Å². The Hall–Kier alpha value is -2.09. The van der Waals surface area contributed by atoms with Crippen LogP contribution < -0.4 is 4.74 Å². The topological polar surface area (TPSA) is 66.9 Å². The highest BCUT2D eigenvalue weighted by Crippen LogP contribution is 2.26. The zero-order valence-corrected chi connectivity index (χ0v) is 18.2. The van der Waals surface area contributed by atoms with E-state index in [2.05, 4.69) is 0 Å². The molecule has 0 bridgehead atoms. The number of hydrogen-bond donors (Lipinski definition) is 0. The Kier molecular flexibility index (Phi) is 6.82. The number of aryl methyl sites for hydroxylation is 1. The van der Waals surface area contributed by atoms with Crippen LogP contribution in [0.5, 0.6) is 5.75 Å². The van der Waals surface area contributed by atoms with Gasteiger partial charge in [0.2, 0.25) is 10.0 Å². The maximum atomic E-state index is 12.8. The lowest BCUT2D eigenvalue weighted by Crippen LogP contribution is -2.32. The highest BCUT2D eigenvalue weighted by molar-refractivity contribution is 7.89. The van der Waals surface area contributed by atoms with Crippen LogP contribution in [0.4, 0.5) is 0 Å². The van der Waals surface area contributed by atoms with Gasteiger partial charge in [0.25, 0.3) is 5.91 Å². The van der Waals surface area contributed by atoms with Crippen LogP contribution in [-0.4, -0.2) is 56.8 Å². The quantitative estimate of drug-likeness (QED) is 0.665. The highest BCUT2D eigenvalue weighted by atomic mass is 35.5. The van der Waals surface area contributed by atoms with Gasteiger partial charge in [-0.05, 0) is 50.1 Å². The molecular formula is C21H25ClN2O4S. The van der Waals surface area contributed by atoms with Crippen LogP contribution in [0.2, 0.25) is 5.02 Å². The van der Waals surface area contributed by atoms with E-state index < -0.39 is 10.0 Å². The third-order valence-corrected chi connectivity index (χ3v) is 7.16. The summed E-state index contributed by atoms with van der Waals surface area (Å²) in [6, 6.07) is 11.9. The van der Waals surface area contributed by atoms with E-state index in [0.717, 1.165) is 24.2 Å². The number of likely N-dealkylation sites (N-methyl/N-ethyl adjacent to an activating group) is 1. The Morgan fingerprint density at radius 1 is 1.14 bits per heavy atom. The van der Waals surface area contributed by atoms with Gasteiger partial charge in [-0.1, -0.05) is 29.3 Å². The van der Waals surface area contributed by atoms with E-state index in [1.807, 2.05) is 31.2 Å². The van der Waals surface area contributed by atoms with Gasteiger partial charge < -0.3 is 9.64 Å². The van der Waals surface area contributed by atoms with Crippen molar-refractivity contribution in [2.75, 3.05) is 33.3 Å². The molecule has 1 fully saturated rings. The lowest BCUT2D eigenvalue weighted by atomic mass is 10.2. The Bertz CT molecular complexity index is 971. The summed E-state index contributed by atoms with van der Waals surface area (Å²) in [6.45, 7) is 3.66. The van der Waals surface area contributed by atoms with E-state index in [4.69, 9.17) is 16.3 Å². The fourth-order valence-electron chi connectivity index (χ4n) is 3.15. The largest absolute Gasteiger partial charge is 0.492 e. The minimum Gasteiger partial charge on any atom is -0.492 e. The van der Waals surface area contributed by atoms with Crippen molar-refractivity contribution in [2.45, 2.75) is 24.7 Å². The van der Waals surface area contributed by atoms with Crippen molar-refractivity contribution in [1.29, 1.82) is 0 Å². The number of carbonyl (C=O) groups excluding carboxylic acids is 1. The van der Waals surface area contributed by atoms with Crippen LogP contribution >= 0.6 is 11.6 Å². The zero-order chi connectivity index (χ0) is 21.0. The van der Waals surface area contributed by atoms with Gasteiger partial charge in [0.05, 0.1) is 22.0 Å². The molecule has 3 rings (SSSR count). The van der Waals surface area contributed by atoms with Crippen molar-refractivity contribution in [1.82, 2.24) is 9.21 Å². The van der Waals surface area contributed by atoms with Gasteiger partial charge in [0, 0.05) is 20.1 Å². The molecule has 0 radical (unpaired) electrons. The van der Waals surface area contributed by atoms with Crippen LogP contribution in [0.25, 0.3) is 0 Å². The maximum absolute atomic E-state index is 12.8. The standard InChI is InChI=1S/C21H25ClN2O4S/c1-16-5-7-17(8-6-16)28-14-13-23(2)21(25)19-15-18(9-10-20(19)22)29(26,27)24-11-3-4-12-24/h5-10,15H,3-4,11-14H2,1-2H3. The second-order valence-electron chi connectivity index (χ2n) is 7.14. The molecule has 0 unspecified atom stereocenters. The molecule has 2 aromatic carbocycles. The minimum atomic E-state index is -3.61. The fraction of sp³-hybridized carbons (Fsp3) is 0.381. The second kappa shape index (κ2) is 9.15. The first kappa shape index (κ1) is 21.6. The number of ether oxygens (including phenoxy) is 1. The number of amides is 1. The molecule has 1 saturated heterocycles. The molecule has 0 N–H and O–H groups in total. The van der Waals surface area contributed by atoms with Gasteiger partial charge in [-0.15, -0.1) is 0 Å². The van der Waals surface area contributed by atoms with Gasteiger partial charge in [0.15, 0.2) is 0 Å². The van der Waals surface area contributed by atoms with Crippen molar-refractivity contribution in [3.8, 4) is 5.75 Å². The van der Waals surface area contributed by atoms with Gasteiger partial charge in [-0.3, -0.25) is 4.79 Å². The Morgan fingerprint density at radius 2 is 1.79 bits per heavy atom. The fourth-order valence-corrected chi connectivity index (χ4v) is 4.89. The number of rotatable bonds is 7. The molecule has 2 aromatic rings. The summed E-state index contributed by atoms with van der Waals surface area (Å²) in [7, 11) is -1.98. The molecule has 0 aliphatic carbocycles. The number of halogens is 1. The first-order valence-corrected chi connectivity index (χ1v) is 11.4. The second-order valence-corrected chi connectivity index (χ2v) is 9.49. The summed E-state index contributed by atoms with van der Waals surface area (Å²) in [6.07, 6.45) is 1.70. The van der Waals surface area contributed by atoms with Crippen LogP contribution in [0, 0.1) is 6.92 Å².